The molecule has 3 fully saturated rings. The molecule has 4 amide bonds. The summed E-state index contributed by atoms with van der Waals surface area (Å²) in [4.78, 5) is 53.3. The second-order valence-corrected chi connectivity index (χ2v) is 8.66. The average molecular weight is 412 g/mol. The molecule has 4 aliphatic rings. The number of carbonyl (C=O) groups excluding carboxylic acids is 4. The number of hydrogen-bond donors (Lipinski definition) is 2. The molecule has 158 valence electrons. The summed E-state index contributed by atoms with van der Waals surface area (Å²) in [6.45, 7) is 2.50. The number of rotatable bonds is 3. The van der Waals surface area contributed by atoms with Gasteiger partial charge >= 0.3 is 0 Å². The van der Waals surface area contributed by atoms with Crippen LogP contribution in [0, 0.1) is 0 Å². The summed E-state index contributed by atoms with van der Waals surface area (Å²) in [6, 6.07) is 4.32. The molecule has 5 rings (SSSR count). The first kappa shape index (κ1) is 19.3. The zero-order valence-electron chi connectivity index (χ0n) is 16.6. The second-order valence-electron chi connectivity index (χ2n) is 8.66. The van der Waals surface area contributed by atoms with E-state index in [9.17, 15) is 19.2 Å². The van der Waals surface area contributed by atoms with E-state index in [0.29, 0.717) is 37.4 Å². The molecule has 3 unspecified atom stereocenters. The molecule has 1 aromatic rings. The topological polar surface area (TPSA) is 122 Å². The van der Waals surface area contributed by atoms with Crippen molar-refractivity contribution < 1.29 is 23.9 Å². The van der Waals surface area contributed by atoms with Crippen molar-refractivity contribution in [1.82, 2.24) is 15.1 Å². The summed E-state index contributed by atoms with van der Waals surface area (Å²) in [5.74, 6) is -1.94. The Kier molecular flexibility index (Phi) is 4.49. The molecule has 9 heteroatoms. The minimum absolute atomic E-state index is 0.0424. The van der Waals surface area contributed by atoms with Crippen molar-refractivity contribution in [3.63, 3.8) is 0 Å². The van der Waals surface area contributed by atoms with Crippen LogP contribution in [-0.4, -0.2) is 70.8 Å². The highest BCUT2D eigenvalue weighted by molar-refractivity contribution is 6.24. The van der Waals surface area contributed by atoms with Crippen molar-refractivity contribution in [2.75, 3.05) is 19.8 Å². The molecule has 9 nitrogen and oxygen atoms in total. The molecule has 1 aromatic carbocycles. The lowest BCUT2D eigenvalue weighted by Crippen LogP contribution is -2.54. The predicted molar refractivity (Wildman–Crippen MR) is 104 cm³/mol. The molecule has 3 N–H and O–H groups in total. The minimum Gasteiger partial charge on any atom is -0.379 e. The Morgan fingerprint density at radius 2 is 2.03 bits per heavy atom. The van der Waals surface area contributed by atoms with Crippen LogP contribution in [0.2, 0.25) is 0 Å². The number of ether oxygens (including phenoxy) is 1. The minimum atomic E-state index is -0.960. The molecule has 3 atom stereocenters. The zero-order valence-corrected chi connectivity index (χ0v) is 16.6. The fourth-order valence-electron chi connectivity index (χ4n) is 5.32. The molecule has 4 heterocycles. The number of fused-ring (bicyclic) bond motifs is 1. The molecule has 1 spiro atoms. The van der Waals surface area contributed by atoms with Crippen LogP contribution in [0.3, 0.4) is 0 Å². The Bertz CT molecular complexity index is 955. The van der Waals surface area contributed by atoms with Gasteiger partial charge in [-0.2, -0.15) is 0 Å². The fraction of sp³-hybridized carbons (Fsp3) is 0.524. The van der Waals surface area contributed by atoms with Gasteiger partial charge in [-0.3, -0.25) is 34.3 Å². The second kappa shape index (κ2) is 6.97. The molecule has 3 saturated heterocycles. The van der Waals surface area contributed by atoms with Crippen LogP contribution in [0.5, 0.6) is 0 Å². The van der Waals surface area contributed by atoms with Crippen molar-refractivity contribution in [2.45, 2.75) is 49.9 Å². The number of carbonyl (C=O) groups is 4. The predicted octanol–water partition coefficient (Wildman–Crippen LogP) is -0.220. The van der Waals surface area contributed by atoms with Crippen LogP contribution in [0.15, 0.2) is 18.2 Å². The lowest BCUT2D eigenvalue weighted by Gasteiger charge is -2.33. The number of amides is 4. The van der Waals surface area contributed by atoms with E-state index in [0.717, 1.165) is 23.3 Å². The van der Waals surface area contributed by atoms with Crippen LogP contribution in [-0.2, 0) is 20.9 Å². The summed E-state index contributed by atoms with van der Waals surface area (Å²) in [7, 11) is 0. The molecule has 0 aliphatic carbocycles. The number of benzene rings is 1. The maximum absolute atomic E-state index is 13.3. The van der Waals surface area contributed by atoms with E-state index in [1.807, 2.05) is 6.07 Å². The van der Waals surface area contributed by atoms with Crippen molar-refractivity contribution in [2.24, 2.45) is 5.73 Å². The highest BCUT2D eigenvalue weighted by atomic mass is 16.5. The van der Waals surface area contributed by atoms with Gasteiger partial charge in [-0.15, -0.1) is 0 Å². The standard InChI is InChI=1S/C21H24N4O5/c22-13-8-21(6-7-30-11-21)24(10-13)9-12-2-1-3-14-17(12)20(29)25(19(14)28)15-4-5-16(26)23-18(15)27/h1-3,13,15H,4-11,22H2,(H,23,26,27). The van der Waals surface area contributed by atoms with Crippen LogP contribution in [0.1, 0.15) is 52.0 Å². The molecular formula is C21H24N4O5. The largest absolute Gasteiger partial charge is 0.379 e. The molecule has 0 bridgehead atoms. The van der Waals surface area contributed by atoms with Gasteiger partial charge in [0.15, 0.2) is 0 Å². The lowest BCUT2D eigenvalue weighted by atomic mass is 9.93. The summed E-state index contributed by atoms with van der Waals surface area (Å²) in [5.41, 5.74) is 7.52. The normalized spacial score (nSPS) is 31.7. The van der Waals surface area contributed by atoms with Gasteiger partial charge in [0.05, 0.1) is 17.7 Å². The summed E-state index contributed by atoms with van der Waals surface area (Å²) in [5, 5.41) is 2.23. The highest BCUT2D eigenvalue weighted by Gasteiger charge is 2.49. The summed E-state index contributed by atoms with van der Waals surface area (Å²) < 4.78 is 5.65. The third kappa shape index (κ3) is 2.88. The molecule has 30 heavy (non-hydrogen) atoms. The van der Waals surface area contributed by atoms with E-state index < -0.39 is 23.8 Å². The van der Waals surface area contributed by atoms with Gasteiger partial charge < -0.3 is 10.5 Å². The van der Waals surface area contributed by atoms with Gasteiger partial charge in [-0.05, 0) is 30.9 Å². The van der Waals surface area contributed by atoms with E-state index in [1.165, 1.54) is 0 Å². The van der Waals surface area contributed by atoms with Crippen molar-refractivity contribution in [3.8, 4) is 0 Å². The summed E-state index contributed by atoms with van der Waals surface area (Å²) >= 11 is 0. The number of piperidine rings is 1. The number of likely N-dealkylation sites (tertiary alicyclic amines) is 1. The average Bonchev–Trinajstić information content (AvgIpc) is 3.36. The molecule has 0 radical (unpaired) electrons. The van der Waals surface area contributed by atoms with Crippen molar-refractivity contribution >= 4 is 23.6 Å². The van der Waals surface area contributed by atoms with E-state index in [2.05, 4.69) is 10.2 Å². The maximum Gasteiger partial charge on any atom is 0.262 e. The Balaban J connectivity index is 1.45. The number of imide groups is 2. The van der Waals surface area contributed by atoms with Gasteiger partial charge in [0.1, 0.15) is 6.04 Å². The smallest absolute Gasteiger partial charge is 0.262 e. The van der Waals surface area contributed by atoms with Gasteiger partial charge in [0.2, 0.25) is 11.8 Å². The first-order valence-corrected chi connectivity index (χ1v) is 10.3. The SMILES string of the molecule is NC1CN(Cc2cccc3c2C(=O)N(C2CCC(=O)NC2=O)C3=O)C2(CCOC2)C1. The third-order valence-electron chi connectivity index (χ3n) is 6.77. The van der Waals surface area contributed by atoms with Crippen LogP contribution in [0.4, 0.5) is 0 Å². The monoisotopic (exact) mass is 412 g/mol. The Morgan fingerprint density at radius 3 is 2.77 bits per heavy atom. The van der Waals surface area contributed by atoms with Gasteiger partial charge in [0, 0.05) is 37.7 Å². The molecule has 0 aromatic heterocycles. The number of hydrogen-bond acceptors (Lipinski definition) is 7. The number of nitrogens with zero attached hydrogens (tertiary/aromatic N) is 2. The van der Waals surface area contributed by atoms with Crippen molar-refractivity contribution in [1.29, 1.82) is 0 Å². The van der Waals surface area contributed by atoms with Crippen LogP contribution >= 0.6 is 0 Å². The fourth-order valence-corrected chi connectivity index (χ4v) is 5.32. The van der Waals surface area contributed by atoms with Gasteiger partial charge in [-0.1, -0.05) is 12.1 Å². The van der Waals surface area contributed by atoms with Crippen LogP contribution in [0.25, 0.3) is 0 Å². The Labute approximate surface area is 173 Å². The summed E-state index contributed by atoms with van der Waals surface area (Å²) in [6.07, 6.45) is 1.99. The maximum atomic E-state index is 13.3. The van der Waals surface area contributed by atoms with E-state index >= 15 is 0 Å². The quantitative estimate of drug-likeness (QED) is 0.658. The molecule has 4 aliphatic heterocycles. The van der Waals surface area contributed by atoms with Gasteiger partial charge in [-0.25, -0.2) is 0 Å². The van der Waals surface area contributed by atoms with Crippen LogP contribution < -0.4 is 11.1 Å². The molecular weight excluding hydrogens is 388 g/mol. The molecule has 0 saturated carbocycles. The van der Waals surface area contributed by atoms with E-state index in [-0.39, 0.29) is 30.3 Å². The first-order chi connectivity index (χ1) is 14.4. The van der Waals surface area contributed by atoms with E-state index in [1.54, 1.807) is 12.1 Å². The van der Waals surface area contributed by atoms with E-state index in [4.69, 9.17) is 10.5 Å². The third-order valence-corrected chi connectivity index (χ3v) is 6.77. The zero-order chi connectivity index (χ0) is 21.0. The first-order valence-electron chi connectivity index (χ1n) is 10.3. The highest BCUT2D eigenvalue weighted by Crippen LogP contribution is 2.38. The van der Waals surface area contributed by atoms with Gasteiger partial charge in [0.25, 0.3) is 11.8 Å². The number of nitrogens with two attached hydrogens (primary N) is 1. The van der Waals surface area contributed by atoms with Crippen molar-refractivity contribution in [3.05, 3.63) is 34.9 Å². The lowest BCUT2D eigenvalue weighted by molar-refractivity contribution is -0.136. The Hall–Kier alpha value is -2.62. The Morgan fingerprint density at radius 1 is 1.20 bits per heavy atom. The number of nitrogens with one attached hydrogen (secondary N) is 1.